The topological polar surface area (TPSA) is 123 Å². The number of amides is 4. The fourth-order valence-corrected chi connectivity index (χ4v) is 6.66. The first-order valence-electron chi connectivity index (χ1n) is 16.5. The molecule has 0 bridgehead atoms. The van der Waals surface area contributed by atoms with Crippen molar-refractivity contribution in [3.05, 3.63) is 29.6 Å². The number of carbonyl (C=O) groups is 4. The number of hydrogen-bond donors (Lipinski definition) is 4. The Morgan fingerprint density at radius 1 is 0.955 bits per heavy atom. The minimum Gasteiger partial charge on any atom is -0.344 e. The molecule has 4 N–H and O–H groups in total. The van der Waals surface area contributed by atoms with Gasteiger partial charge in [-0.05, 0) is 75.4 Å². The zero-order valence-electron chi connectivity index (χ0n) is 26.6. The van der Waals surface area contributed by atoms with Crippen molar-refractivity contribution in [2.24, 2.45) is 11.8 Å². The Morgan fingerprint density at radius 3 is 2.27 bits per heavy atom. The minimum atomic E-state index is -0.837. The lowest BCUT2D eigenvalue weighted by Gasteiger charge is -2.36. The molecule has 4 amide bonds. The Hall–Kier alpha value is -3.05. The fraction of sp³-hybridized carbons (Fsp3) is 0.697. The number of carbonyl (C=O) groups excluding carboxylic acids is 4. The average molecular weight is 615 g/mol. The predicted molar refractivity (Wildman–Crippen MR) is 168 cm³/mol. The Morgan fingerprint density at radius 2 is 1.64 bits per heavy atom. The smallest absolute Gasteiger partial charge is 0.247 e. The van der Waals surface area contributed by atoms with Crippen LogP contribution in [0.4, 0.5) is 10.1 Å². The van der Waals surface area contributed by atoms with Gasteiger partial charge in [0.05, 0.1) is 5.69 Å². The highest BCUT2D eigenvalue weighted by Crippen LogP contribution is 2.29. The summed E-state index contributed by atoms with van der Waals surface area (Å²) in [6.45, 7) is 7.95. The van der Waals surface area contributed by atoms with Crippen molar-refractivity contribution < 1.29 is 23.6 Å². The summed E-state index contributed by atoms with van der Waals surface area (Å²) >= 11 is 0. The van der Waals surface area contributed by atoms with E-state index >= 15 is 4.39 Å². The third-order valence-electron chi connectivity index (χ3n) is 9.65. The minimum absolute atomic E-state index is 0.00611. The maximum atomic E-state index is 15.5. The quantitative estimate of drug-likeness (QED) is 0.304. The van der Waals surface area contributed by atoms with E-state index in [9.17, 15) is 19.2 Å². The molecule has 2 heterocycles. The first kappa shape index (κ1) is 33.8. The van der Waals surface area contributed by atoms with Gasteiger partial charge in [0.1, 0.15) is 17.9 Å². The van der Waals surface area contributed by atoms with E-state index in [0.29, 0.717) is 31.0 Å². The van der Waals surface area contributed by atoms with Crippen molar-refractivity contribution in [1.29, 1.82) is 0 Å². The van der Waals surface area contributed by atoms with Crippen LogP contribution in [-0.4, -0.2) is 91.8 Å². The van der Waals surface area contributed by atoms with Gasteiger partial charge in [0.2, 0.25) is 23.6 Å². The molecule has 3 atom stereocenters. The van der Waals surface area contributed by atoms with E-state index in [-0.39, 0.29) is 35.7 Å². The van der Waals surface area contributed by atoms with Gasteiger partial charge in [-0.3, -0.25) is 19.2 Å². The van der Waals surface area contributed by atoms with Crippen LogP contribution in [0, 0.1) is 17.7 Å². The fourth-order valence-electron chi connectivity index (χ4n) is 6.66. The number of piperidine rings is 1. The highest BCUT2D eigenvalue weighted by Gasteiger charge is 2.34. The first-order valence-corrected chi connectivity index (χ1v) is 16.5. The van der Waals surface area contributed by atoms with Gasteiger partial charge in [-0.1, -0.05) is 39.2 Å². The van der Waals surface area contributed by atoms with Crippen LogP contribution in [0.25, 0.3) is 0 Å². The van der Waals surface area contributed by atoms with Crippen molar-refractivity contribution in [1.82, 2.24) is 25.8 Å². The number of nitrogens with one attached hydrogen (secondary N) is 4. The summed E-state index contributed by atoms with van der Waals surface area (Å²) in [5.74, 6) is -1.78. The van der Waals surface area contributed by atoms with Gasteiger partial charge in [0, 0.05) is 44.9 Å². The van der Waals surface area contributed by atoms with Gasteiger partial charge in [0.25, 0.3) is 0 Å². The molecule has 0 radical (unpaired) electrons. The first-order chi connectivity index (χ1) is 21.2. The van der Waals surface area contributed by atoms with Crippen LogP contribution in [0.15, 0.2) is 18.2 Å². The molecule has 1 aromatic carbocycles. The Balaban J connectivity index is 1.46. The largest absolute Gasteiger partial charge is 0.344 e. The molecule has 3 aliphatic rings. The predicted octanol–water partition coefficient (Wildman–Crippen LogP) is 2.99. The molecule has 1 saturated carbocycles. The zero-order valence-corrected chi connectivity index (χ0v) is 26.6. The lowest BCUT2D eigenvalue weighted by molar-refractivity contribution is -0.138. The summed E-state index contributed by atoms with van der Waals surface area (Å²) in [5.41, 5.74) is 0.572. The van der Waals surface area contributed by atoms with Gasteiger partial charge < -0.3 is 31.1 Å². The molecular weight excluding hydrogens is 563 g/mol. The molecule has 1 aromatic rings. The normalized spacial score (nSPS) is 20.8. The van der Waals surface area contributed by atoms with Crippen LogP contribution >= 0.6 is 0 Å². The number of anilines is 1. The molecule has 3 fully saturated rings. The number of rotatable bonds is 11. The summed E-state index contributed by atoms with van der Waals surface area (Å²) < 4.78 is 15.5. The third-order valence-corrected chi connectivity index (χ3v) is 9.65. The molecule has 4 rings (SSSR count). The van der Waals surface area contributed by atoms with Crippen molar-refractivity contribution >= 4 is 29.3 Å². The molecule has 0 unspecified atom stereocenters. The molecule has 44 heavy (non-hydrogen) atoms. The number of halogens is 1. The molecule has 11 heteroatoms. The SMILES string of the molecule is CCC(=O)N[C@@H](C(=O)N1CCN(C)CC1)[C@@H](C)c1ccc(NC(=O)[C@@H](NC(=O)CC2CCNCC2)C2CCCCC2)c(F)c1. The van der Waals surface area contributed by atoms with Crippen LogP contribution in [0.2, 0.25) is 0 Å². The molecule has 2 saturated heterocycles. The Bertz CT molecular complexity index is 1150. The van der Waals surface area contributed by atoms with Gasteiger partial charge >= 0.3 is 0 Å². The molecule has 1 aliphatic carbocycles. The van der Waals surface area contributed by atoms with Gasteiger partial charge in [-0.2, -0.15) is 0 Å². The number of nitrogens with zero attached hydrogens (tertiary/aromatic N) is 2. The van der Waals surface area contributed by atoms with Crippen molar-refractivity contribution in [2.45, 2.75) is 89.6 Å². The monoisotopic (exact) mass is 614 g/mol. The van der Waals surface area contributed by atoms with Crippen LogP contribution in [0.3, 0.4) is 0 Å². The van der Waals surface area contributed by atoms with E-state index in [1.165, 1.54) is 12.1 Å². The number of hydrogen-bond acceptors (Lipinski definition) is 6. The number of piperazine rings is 1. The van der Waals surface area contributed by atoms with E-state index < -0.39 is 29.7 Å². The average Bonchev–Trinajstić information content (AvgIpc) is 3.03. The van der Waals surface area contributed by atoms with Crippen molar-refractivity contribution in [2.75, 3.05) is 51.6 Å². The number of likely N-dealkylation sites (N-methyl/N-ethyl adjacent to an activating group) is 1. The maximum Gasteiger partial charge on any atom is 0.247 e. The van der Waals surface area contributed by atoms with Crippen LogP contribution in [0.5, 0.6) is 0 Å². The summed E-state index contributed by atoms with van der Waals surface area (Å²) in [7, 11) is 2.00. The zero-order chi connectivity index (χ0) is 31.6. The Labute approximate surface area is 261 Å². The highest BCUT2D eigenvalue weighted by atomic mass is 19.1. The third kappa shape index (κ3) is 9.23. The standard InChI is InChI=1S/C33H51FN6O4/c1-4-28(41)37-30(33(44)40-18-16-39(3)17-19-40)22(2)25-10-11-27(26(34)21-25)36-32(43)31(24-8-6-5-7-9-24)38-29(42)20-23-12-14-35-15-13-23/h10-11,21-24,30-31,35H,4-9,12-20H2,1-3H3,(H,36,43)(H,37,41)(H,38,42)/t22-,30+,31-/m0/s1. The second-order valence-corrected chi connectivity index (χ2v) is 12.9. The summed E-state index contributed by atoms with van der Waals surface area (Å²) in [6, 6.07) is 2.96. The number of benzene rings is 1. The van der Waals surface area contributed by atoms with Crippen LogP contribution < -0.4 is 21.3 Å². The lowest BCUT2D eigenvalue weighted by Crippen LogP contribution is -2.55. The van der Waals surface area contributed by atoms with Gasteiger partial charge in [0.15, 0.2) is 0 Å². The molecule has 2 aliphatic heterocycles. The molecular formula is C33H51FN6O4. The van der Waals surface area contributed by atoms with E-state index in [4.69, 9.17) is 0 Å². The lowest BCUT2D eigenvalue weighted by atomic mass is 9.83. The second-order valence-electron chi connectivity index (χ2n) is 12.9. The maximum absolute atomic E-state index is 15.5. The van der Waals surface area contributed by atoms with Crippen LogP contribution in [0.1, 0.15) is 83.1 Å². The summed E-state index contributed by atoms with van der Waals surface area (Å²) in [6.07, 6.45) is 7.30. The summed E-state index contributed by atoms with van der Waals surface area (Å²) in [5, 5.41) is 11.9. The molecule has 244 valence electrons. The molecule has 0 spiro atoms. The summed E-state index contributed by atoms with van der Waals surface area (Å²) in [4.78, 5) is 56.4. The van der Waals surface area contributed by atoms with E-state index in [1.807, 2.05) is 7.05 Å². The van der Waals surface area contributed by atoms with E-state index in [0.717, 1.165) is 71.1 Å². The Kier molecular flexibility index (Phi) is 12.5. The molecule has 10 nitrogen and oxygen atoms in total. The van der Waals surface area contributed by atoms with E-state index in [1.54, 1.807) is 24.8 Å². The second kappa shape index (κ2) is 16.3. The van der Waals surface area contributed by atoms with Crippen molar-refractivity contribution in [3.63, 3.8) is 0 Å². The van der Waals surface area contributed by atoms with Crippen molar-refractivity contribution in [3.8, 4) is 0 Å². The van der Waals surface area contributed by atoms with Gasteiger partial charge in [-0.15, -0.1) is 0 Å². The van der Waals surface area contributed by atoms with Crippen LogP contribution in [-0.2, 0) is 19.2 Å². The highest BCUT2D eigenvalue weighted by molar-refractivity contribution is 5.97. The van der Waals surface area contributed by atoms with E-state index in [2.05, 4.69) is 26.2 Å². The van der Waals surface area contributed by atoms with Gasteiger partial charge in [-0.25, -0.2) is 4.39 Å². The molecule has 0 aromatic heterocycles.